The lowest BCUT2D eigenvalue weighted by Crippen LogP contribution is -2.54. The number of anilines is 1. The van der Waals surface area contributed by atoms with Crippen molar-refractivity contribution in [2.45, 2.75) is 18.9 Å². The van der Waals surface area contributed by atoms with E-state index in [0.29, 0.717) is 11.3 Å². The van der Waals surface area contributed by atoms with E-state index >= 15 is 0 Å². The highest BCUT2D eigenvalue weighted by Gasteiger charge is 2.45. The zero-order valence-corrected chi connectivity index (χ0v) is 15.9. The van der Waals surface area contributed by atoms with E-state index < -0.39 is 35.6 Å². The van der Waals surface area contributed by atoms with Crippen molar-refractivity contribution in [2.24, 2.45) is 0 Å². The van der Waals surface area contributed by atoms with E-state index in [1.54, 1.807) is 30.3 Å². The molecule has 0 spiro atoms. The summed E-state index contributed by atoms with van der Waals surface area (Å²) in [6.07, 6.45) is 0.0882. The van der Waals surface area contributed by atoms with Crippen molar-refractivity contribution in [3.05, 3.63) is 59.2 Å². The summed E-state index contributed by atoms with van der Waals surface area (Å²) in [6.45, 7) is 0. The SMILES string of the molecule is COc1cccc(C(=O)Nc2cccc3c2C(=O)N(C2CCC(=O)NC2=O)C3=O)c1. The largest absolute Gasteiger partial charge is 0.497 e. The van der Waals surface area contributed by atoms with Gasteiger partial charge in [-0.1, -0.05) is 12.1 Å². The number of piperidine rings is 1. The molecule has 1 unspecified atom stereocenters. The van der Waals surface area contributed by atoms with Gasteiger partial charge in [-0.15, -0.1) is 0 Å². The van der Waals surface area contributed by atoms with Crippen molar-refractivity contribution in [1.82, 2.24) is 10.2 Å². The lowest BCUT2D eigenvalue weighted by atomic mass is 10.0. The summed E-state index contributed by atoms with van der Waals surface area (Å²) in [7, 11) is 1.48. The van der Waals surface area contributed by atoms with Crippen molar-refractivity contribution in [2.75, 3.05) is 12.4 Å². The maximum Gasteiger partial charge on any atom is 0.264 e. The summed E-state index contributed by atoms with van der Waals surface area (Å²) in [6, 6.07) is 9.92. The summed E-state index contributed by atoms with van der Waals surface area (Å²) >= 11 is 0. The minimum atomic E-state index is -1.07. The Hall–Kier alpha value is -4.01. The molecule has 2 aromatic rings. The molecule has 2 aliphatic rings. The Morgan fingerprint density at radius 1 is 1.10 bits per heavy atom. The number of carbonyl (C=O) groups is 5. The Morgan fingerprint density at radius 2 is 1.87 bits per heavy atom. The number of carbonyl (C=O) groups excluding carboxylic acids is 5. The third kappa shape index (κ3) is 3.20. The first-order chi connectivity index (χ1) is 14.4. The summed E-state index contributed by atoms with van der Waals surface area (Å²) < 4.78 is 5.11. The second-order valence-corrected chi connectivity index (χ2v) is 6.86. The Labute approximate surface area is 171 Å². The molecule has 9 nitrogen and oxygen atoms in total. The number of methoxy groups -OCH3 is 1. The molecule has 0 radical (unpaired) electrons. The maximum atomic E-state index is 13.0. The highest BCUT2D eigenvalue weighted by atomic mass is 16.5. The van der Waals surface area contributed by atoms with Crippen LogP contribution in [0, 0.1) is 0 Å². The highest BCUT2D eigenvalue weighted by molar-refractivity contribution is 6.26. The van der Waals surface area contributed by atoms with Gasteiger partial charge in [-0.3, -0.25) is 34.2 Å². The number of nitrogens with one attached hydrogen (secondary N) is 2. The van der Waals surface area contributed by atoms with Crippen LogP contribution < -0.4 is 15.4 Å². The van der Waals surface area contributed by atoms with Crippen LogP contribution in [0.4, 0.5) is 5.69 Å². The molecule has 1 atom stereocenters. The second-order valence-electron chi connectivity index (χ2n) is 6.86. The zero-order valence-electron chi connectivity index (χ0n) is 15.9. The van der Waals surface area contributed by atoms with E-state index in [0.717, 1.165) is 4.90 Å². The number of ether oxygens (including phenoxy) is 1. The molecule has 0 bridgehead atoms. The molecule has 2 aromatic carbocycles. The van der Waals surface area contributed by atoms with Gasteiger partial charge in [0, 0.05) is 12.0 Å². The van der Waals surface area contributed by atoms with Crippen LogP contribution in [0.5, 0.6) is 5.75 Å². The lowest BCUT2D eigenvalue weighted by Gasteiger charge is -2.27. The highest BCUT2D eigenvalue weighted by Crippen LogP contribution is 2.32. The molecule has 9 heteroatoms. The molecule has 1 saturated heterocycles. The van der Waals surface area contributed by atoms with Gasteiger partial charge >= 0.3 is 0 Å². The molecule has 4 rings (SSSR count). The van der Waals surface area contributed by atoms with Crippen LogP contribution in [0.25, 0.3) is 0 Å². The Kier molecular flexibility index (Phi) is 4.78. The molecule has 30 heavy (non-hydrogen) atoms. The van der Waals surface area contributed by atoms with E-state index in [4.69, 9.17) is 4.74 Å². The third-order valence-corrected chi connectivity index (χ3v) is 5.05. The summed E-state index contributed by atoms with van der Waals surface area (Å²) in [4.78, 5) is 63.0. The molecular weight excluding hydrogens is 390 g/mol. The quantitative estimate of drug-likeness (QED) is 0.738. The molecule has 152 valence electrons. The maximum absolute atomic E-state index is 13.0. The van der Waals surface area contributed by atoms with Crippen LogP contribution in [0.15, 0.2) is 42.5 Å². The summed E-state index contributed by atoms with van der Waals surface area (Å²) in [5, 5.41) is 4.80. The van der Waals surface area contributed by atoms with Gasteiger partial charge in [0.25, 0.3) is 17.7 Å². The number of hydrogen-bond acceptors (Lipinski definition) is 6. The topological polar surface area (TPSA) is 122 Å². The van der Waals surface area contributed by atoms with Gasteiger partial charge in [-0.2, -0.15) is 0 Å². The molecule has 0 aliphatic carbocycles. The first-order valence-electron chi connectivity index (χ1n) is 9.20. The summed E-state index contributed by atoms with van der Waals surface area (Å²) in [5.74, 6) is -2.45. The van der Waals surface area contributed by atoms with Crippen LogP contribution in [-0.2, 0) is 9.59 Å². The molecule has 2 heterocycles. The fraction of sp³-hybridized carbons (Fsp3) is 0.190. The fourth-order valence-electron chi connectivity index (χ4n) is 3.58. The van der Waals surface area contributed by atoms with E-state index in [-0.39, 0.29) is 29.7 Å². The Morgan fingerprint density at radius 3 is 2.60 bits per heavy atom. The molecule has 0 aromatic heterocycles. The van der Waals surface area contributed by atoms with Gasteiger partial charge in [0.2, 0.25) is 11.8 Å². The number of nitrogens with zero attached hydrogens (tertiary/aromatic N) is 1. The van der Waals surface area contributed by atoms with Gasteiger partial charge in [0.05, 0.1) is 23.9 Å². The number of hydrogen-bond donors (Lipinski definition) is 2. The standard InChI is InChI=1S/C21H17N3O6/c1-30-12-5-2-4-11(10-12)18(26)22-14-7-3-6-13-17(14)21(29)24(20(13)28)15-8-9-16(25)23-19(15)27/h2-7,10,15H,8-9H2,1H3,(H,22,26)(H,23,25,27). The Bertz CT molecular complexity index is 1110. The number of imide groups is 2. The monoisotopic (exact) mass is 407 g/mol. The fourth-order valence-corrected chi connectivity index (χ4v) is 3.58. The van der Waals surface area contributed by atoms with E-state index in [2.05, 4.69) is 10.6 Å². The summed E-state index contributed by atoms with van der Waals surface area (Å²) in [5.41, 5.74) is 0.579. The number of benzene rings is 2. The first-order valence-corrected chi connectivity index (χ1v) is 9.20. The first kappa shape index (κ1) is 19.3. The molecule has 5 amide bonds. The van der Waals surface area contributed by atoms with Crippen molar-refractivity contribution in [3.8, 4) is 5.75 Å². The predicted octanol–water partition coefficient (Wildman–Crippen LogP) is 1.35. The van der Waals surface area contributed by atoms with E-state index in [1.165, 1.54) is 19.2 Å². The van der Waals surface area contributed by atoms with Crippen molar-refractivity contribution >= 4 is 35.2 Å². The molecule has 2 aliphatic heterocycles. The van der Waals surface area contributed by atoms with Crippen molar-refractivity contribution < 1.29 is 28.7 Å². The average Bonchev–Trinajstić information content (AvgIpc) is 2.99. The van der Waals surface area contributed by atoms with Crippen LogP contribution in [0.1, 0.15) is 43.9 Å². The zero-order chi connectivity index (χ0) is 21.4. The average molecular weight is 407 g/mol. The van der Waals surface area contributed by atoms with E-state index in [9.17, 15) is 24.0 Å². The molecule has 1 fully saturated rings. The molecular formula is C21H17N3O6. The van der Waals surface area contributed by atoms with Crippen molar-refractivity contribution in [3.63, 3.8) is 0 Å². The van der Waals surface area contributed by atoms with Crippen LogP contribution in [0.3, 0.4) is 0 Å². The number of amides is 5. The second kappa shape index (κ2) is 7.43. The van der Waals surface area contributed by atoms with Crippen LogP contribution >= 0.6 is 0 Å². The lowest BCUT2D eigenvalue weighted by molar-refractivity contribution is -0.136. The van der Waals surface area contributed by atoms with Crippen molar-refractivity contribution in [1.29, 1.82) is 0 Å². The Balaban J connectivity index is 1.64. The van der Waals surface area contributed by atoms with E-state index in [1.807, 2.05) is 0 Å². The van der Waals surface area contributed by atoms with Gasteiger partial charge in [-0.05, 0) is 36.8 Å². The number of fused-ring (bicyclic) bond motifs is 1. The normalized spacial score (nSPS) is 18.2. The smallest absolute Gasteiger partial charge is 0.264 e. The third-order valence-electron chi connectivity index (χ3n) is 5.05. The van der Waals surface area contributed by atoms with Crippen LogP contribution in [0.2, 0.25) is 0 Å². The predicted molar refractivity (Wildman–Crippen MR) is 104 cm³/mol. The molecule has 2 N–H and O–H groups in total. The minimum absolute atomic E-state index is 0.0171. The number of rotatable bonds is 4. The van der Waals surface area contributed by atoms with Gasteiger partial charge in [-0.25, -0.2) is 0 Å². The van der Waals surface area contributed by atoms with Gasteiger partial charge < -0.3 is 10.1 Å². The van der Waals surface area contributed by atoms with Crippen LogP contribution in [-0.4, -0.2) is 47.6 Å². The van der Waals surface area contributed by atoms with Gasteiger partial charge in [0.1, 0.15) is 11.8 Å². The minimum Gasteiger partial charge on any atom is -0.497 e. The van der Waals surface area contributed by atoms with Gasteiger partial charge in [0.15, 0.2) is 0 Å². The molecule has 0 saturated carbocycles.